The largest absolute Gasteiger partial charge is 0.357 e. The summed E-state index contributed by atoms with van der Waals surface area (Å²) in [6, 6.07) is 10.6. The van der Waals surface area contributed by atoms with E-state index in [1.54, 1.807) is 0 Å². The maximum atomic E-state index is 12.1. The van der Waals surface area contributed by atoms with Crippen molar-refractivity contribution in [2.75, 3.05) is 26.7 Å². The summed E-state index contributed by atoms with van der Waals surface area (Å²) in [4.78, 5) is 18.8. The Morgan fingerprint density at radius 2 is 1.92 bits per heavy atom. The Balaban J connectivity index is 0.00000338. The molecule has 0 spiro atoms. The minimum atomic E-state index is -0.218. The number of nitrogens with zero attached hydrogens (tertiary/aromatic N) is 2. The summed E-state index contributed by atoms with van der Waals surface area (Å²) in [5.41, 5.74) is 1.19. The zero-order chi connectivity index (χ0) is 18.4. The Bertz CT molecular complexity index is 598. The molecular weight excluding hydrogens is 439 g/mol. The van der Waals surface area contributed by atoms with Crippen LogP contribution in [0.4, 0.5) is 0 Å². The molecule has 5 nitrogen and oxygen atoms in total. The Morgan fingerprint density at radius 1 is 1.27 bits per heavy atom. The zero-order valence-electron chi connectivity index (χ0n) is 16.6. The van der Waals surface area contributed by atoms with E-state index in [-0.39, 0.29) is 35.4 Å². The van der Waals surface area contributed by atoms with Crippen molar-refractivity contribution in [3.8, 4) is 0 Å². The highest BCUT2D eigenvalue weighted by Crippen LogP contribution is 2.47. The maximum absolute atomic E-state index is 12.1. The van der Waals surface area contributed by atoms with Gasteiger partial charge in [-0.1, -0.05) is 30.3 Å². The third-order valence-electron chi connectivity index (χ3n) is 4.22. The van der Waals surface area contributed by atoms with Crippen LogP contribution in [0.5, 0.6) is 0 Å². The fourth-order valence-corrected chi connectivity index (χ4v) is 2.98. The molecule has 1 aromatic carbocycles. The van der Waals surface area contributed by atoms with Gasteiger partial charge in [-0.05, 0) is 51.5 Å². The number of likely N-dealkylation sites (N-methyl/N-ethyl adjacent to an activating group) is 1. The molecular formula is C20H33IN4O. The number of carbonyl (C=O) groups excluding carboxylic acids is 1. The summed E-state index contributed by atoms with van der Waals surface area (Å²) in [7, 11) is 1.91. The van der Waals surface area contributed by atoms with Crippen LogP contribution in [0, 0.1) is 5.92 Å². The van der Waals surface area contributed by atoms with Crippen molar-refractivity contribution in [2.45, 2.75) is 45.6 Å². The first-order valence-electron chi connectivity index (χ1n) is 9.15. The molecule has 1 aromatic rings. The molecule has 0 saturated heterocycles. The Hall–Kier alpha value is -1.31. The number of guanidine groups is 1. The van der Waals surface area contributed by atoms with Crippen LogP contribution in [0.3, 0.4) is 0 Å². The fourth-order valence-electron chi connectivity index (χ4n) is 2.98. The number of nitrogens with one attached hydrogen (secondary N) is 2. The Morgan fingerprint density at radius 3 is 2.50 bits per heavy atom. The molecule has 1 aliphatic rings. The third kappa shape index (κ3) is 7.51. The minimum absolute atomic E-state index is 0. The average molecular weight is 472 g/mol. The number of carbonyl (C=O) groups is 1. The first-order valence-corrected chi connectivity index (χ1v) is 9.15. The van der Waals surface area contributed by atoms with E-state index in [2.05, 4.69) is 41.0 Å². The molecule has 1 aliphatic carbocycles. The van der Waals surface area contributed by atoms with Crippen LogP contribution in [0.15, 0.2) is 35.3 Å². The van der Waals surface area contributed by atoms with Gasteiger partial charge < -0.3 is 15.5 Å². The van der Waals surface area contributed by atoms with Crippen molar-refractivity contribution >= 4 is 35.8 Å². The second-order valence-corrected chi connectivity index (χ2v) is 7.86. The lowest BCUT2D eigenvalue weighted by atomic mass is 10.1. The van der Waals surface area contributed by atoms with Crippen molar-refractivity contribution in [2.24, 2.45) is 10.9 Å². The molecule has 0 aromatic heterocycles. The first kappa shape index (κ1) is 22.7. The maximum Gasteiger partial charge on any atom is 0.240 e. The third-order valence-corrected chi connectivity index (χ3v) is 4.22. The fraction of sp³-hybridized carbons (Fsp3) is 0.600. The van der Waals surface area contributed by atoms with Gasteiger partial charge in [0.25, 0.3) is 0 Å². The molecule has 1 amide bonds. The van der Waals surface area contributed by atoms with Crippen LogP contribution in [-0.4, -0.2) is 49.0 Å². The number of hydrogen-bond donors (Lipinski definition) is 2. The van der Waals surface area contributed by atoms with Gasteiger partial charge in [-0.25, -0.2) is 0 Å². The van der Waals surface area contributed by atoms with Crippen LogP contribution >= 0.6 is 24.0 Å². The van der Waals surface area contributed by atoms with E-state index in [9.17, 15) is 4.79 Å². The summed E-state index contributed by atoms with van der Waals surface area (Å²) in [5, 5.41) is 6.27. The van der Waals surface area contributed by atoms with E-state index in [4.69, 9.17) is 4.99 Å². The molecule has 26 heavy (non-hydrogen) atoms. The van der Waals surface area contributed by atoms with E-state index in [0.29, 0.717) is 18.4 Å². The Labute approximate surface area is 175 Å². The van der Waals surface area contributed by atoms with Crippen LogP contribution in [0.2, 0.25) is 0 Å². The number of rotatable bonds is 6. The highest BCUT2D eigenvalue weighted by molar-refractivity contribution is 14.0. The number of amides is 1. The van der Waals surface area contributed by atoms with Gasteiger partial charge in [0.15, 0.2) is 5.96 Å². The van der Waals surface area contributed by atoms with Crippen molar-refractivity contribution in [3.05, 3.63) is 35.9 Å². The van der Waals surface area contributed by atoms with Gasteiger partial charge >= 0.3 is 0 Å². The normalized spacial score (nSPS) is 19.3. The SMILES string of the molecule is CCNC(=NCC1CC1c1ccccc1)N(C)CC(=O)NC(C)(C)C.I. The summed E-state index contributed by atoms with van der Waals surface area (Å²) >= 11 is 0. The predicted octanol–water partition coefficient (Wildman–Crippen LogP) is 3.22. The molecule has 1 fully saturated rings. The Kier molecular flexibility index (Phi) is 8.86. The summed E-state index contributed by atoms with van der Waals surface area (Å²) in [5.74, 6) is 2.04. The molecule has 1 saturated carbocycles. The molecule has 6 heteroatoms. The quantitative estimate of drug-likeness (QED) is 0.380. The molecule has 0 heterocycles. The van der Waals surface area contributed by atoms with Gasteiger partial charge in [0.05, 0.1) is 6.54 Å². The number of benzene rings is 1. The summed E-state index contributed by atoms with van der Waals surface area (Å²) < 4.78 is 0. The summed E-state index contributed by atoms with van der Waals surface area (Å²) in [6.45, 7) is 9.89. The zero-order valence-corrected chi connectivity index (χ0v) is 18.9. The van der Waals surface area contributed by atoms with Crippen LogP contribution in [-0.2, 0) is 4.79 Å². The van der Waals surface area contributed by atoms with Gasteiger partial charge in [-0.2, -0.15) is 0 Å². The molecule has 2 rings (SSSR count). The van der Waals surface area contributed by atoms with Gasteiger partial charge in [0.1, 0.15) is 0 Å². The lowest BCUT2D eigenvalue weighted by molar-refractivity contribution is -0.122. The van der Waals surface area contributed by atoms with E-state index in [0.717, 1.165) is 19.0 Å². The van der Waals surface area contributed by atoms with Crippen LogP contribution < -0.4 is 10.6 Å². The molecule has 146 valence electrons. The van der Waals surface area contributed by atoms with Crippen molar-refractivity contribution in [1.82, 2.24) is 15.5 Å². The van der Waals surface area contributed by atoms with E-state index < -0.39 is 0 Å². The van der Waals surface area contributed by atoms with Gasteiger partial charge in [-0.15, -0.1) is 24.0 Å². The molecule has 0 radical (unpaired) electrons. The van der Waals surface area contributed by atoms with Crippen molar-refractivity contribution < 1.29 is 4.79 Å². The van der Waals surface area contributed by atoms with Crippen molar-refractivity contribution in [1.29, 1.82) is 0 Å². The number of aliphatic imine (C=N–C) groups is 1. The number of halogens is 1. The predicted molar refractivity (Wildman–Crippen MR) is 119 cm³/mol. The second kappa shape index (κ2) is 10.1. The van der Waals surface area contributed by atoms with Gasteiger partial charge in [0, 0.05) is 25.7 Å². The molecule has 0 bridgehead atoms. The average Bonchev–Trinajstić information content (AvgIpc) is 3.30. The van der Waals surface area contributed by atoms with E-state index in [1.807, 2.05) is 39.6 Å². The van der Waals surface area contributed by atoms with Crippen LogP contribution in [0.1, 0.15) is 45.6 Å². The lowest BCUT2D eigenvalue weighted by Crippen LogP contribution is -2.48. The molecule has 2 atom stereocenters. The highest BCUT2D eigenvalue weighted by Gasteiger charge is 2.37. The summed E-state index contributed by atoms with van der Waals surface area (Å²) in [6.07, 6.45) is 1.20. The topological polar surface area (TPSA) is 56.7 Å². The molecule has 2 N–H and O–H groups in total. The van der Waals surface area contributed by atoms with E-state index >= 15 is 0 Å². The van der Waals surface area contributed by atoms with Crippen molar-refractivity contribution in [3.63, 3.8) is 0 Å². The van der Waals surface area contributed by atoms with E-state index in [1.165, 1.54) is 12.0 Å². The second-order valence-electron chi connectivity index (χ2n) is 7.86. The molecule has 2 unspecified atom stereocenters. The lowest BCUT2D eigenvalue weighted by Gasteiger charge is -2.25. The van der Waals surface area contributed by atoms with Gasteiger partial charge in [-0.3, -0.25) is 9.79 Å². The first-order chi connectivity index (χ1) is 11.8. The van der Waals surface area contributed by atoms with Crippen LogP contribution in [0.25, 0.3) is 0 Å². The number of hydrogen-bond acceptors (Lipinski definition) is 2. The highest BCUT2D eigenvalue weighted by atomic mass is 127. The minimum Gasteiger partial charge on any atom is -0.357 e. The van der Waals surface area contributed by atoms with Gasteiger partial charge in [0.2, 0.25) is 5.91 Å². The monoisotopic (exact) mass is 472 g/mol. The smallest absolute Gasteiger partial charge is 0.240 e. The standard InChI is InChI=1S/C20H32N4O.HI/c1-6-21-19(24(5)14-18(25)23-20(2,3)4)22-13-16-12-17(16)15-10-8-7-9-11-15;/h7-11,16-17H,6,12-14H2,1-5H3,(H,21,22)(H,23,25);1H. The molecule has 0 aliphatic heterocycles.